The van der Waals surface area contributed by atoms with Crippen LogP contribution in [0.4, 0.5) is 13.2 Å². The van der Waals surface area contributed by atoms with Gasteiger partial charge in [-0.1, -0.05) is 19.1 Å². The van der Waals surface area contributed by atoms with Crippen molar-refractivity contribution < 1.29 is 23.0 Å². The maximum atomic E-state index is 12.9. The monoisotopic (exact) mass is 303 g/mol. The second-order valence-electron chi connectivity index (χ2n) is 5.40. The highest BCUT2D eigenvalue weighted by molar-refractivity contribution is 5.35. The topological polar surface area (TPSA) is 41.5 Å². The first-order valence-electron chi connectivity index (χ1n) is 7.08. The lowest BCUT2D eigenvalue weighted by Gasteiger charge is -2.33. The fraction of sp³-hybridized carbons (Fsp3) is 0.600. The Bertz CT molecular complexity index is 474. The van der Waals surface area contributed by atoms with Crippen molar-refractivity contribution >= 4 is 0 Å². The van der Waals surface area contributed by atoms with E-state index in [-0.39, 0.29) is 24.9 Å². The fourth-order valence-corrected chi connectivity index (χ4v) is 2.57. The maximum Gasteiger partial charge on any atom is 0.419 e. The molecule has 1 aromatic carbocycles. The summed E-state index contributed by atoms with van der Waals surface area (Å²) in [7, 11) is 0. The zero-order valence-electron chi connectivity index (χ0n) is 11.9. The molecule has 0 spiro atoms. The molecule has 1 atom stereocenters. The quantitative estimate of drug-likeness (QED) is 0.814. The van der Waals surface area contributed by atoms with E-state index in [1.54, 1.807) is 0 Å². The molecule has 21 heavy (non-hydrogen) atoms. The van der Waals surface area contributed by atoms with Gasteiger partial charge in [0.05, 0.1) is 17.7 Å². The minimum Gasteiger partial charge on any atom is -0.491 e. The van der Waals surface area contributed by atoms with E-state index >= 15 is 0 Å². The first-order valence-corrected chi connectivity index (χ1v) is 7.08. The van der Waals surface area contributed by atoms with Crippen molar-refractivity contribution in [3.63, 3.8) is 0 Å². The predicted octanol–water partition coefficient (Wildman–Crippen LogP) is 2.83. The van der Waals surface area contributed by atoms with Gasteiger partial charge >= 0.3 is 6.18 Å². The summed E-state index contributed by atoms with van der Waals surface area (Å²) in [5.41, 5.74) is -1.45. The van der Waals surface area contributed by atoms with E-state index in [0.29, 0.717) is 6.54 Å². The number of aliphatic hydroxyl groups is 1. The van der Waals surface area contributed by atoms with Crippen LogP contribution in [-0.4, -0.2) is 30.4 Å². The average molecular weight is 303 g/mol. The summed E-state index contributed by atoms with van der Waals surface area (Å²) in [5, 5.41) is 12.8. The van der Waals surface area contributed by atoms with Gasteiger partial charge in [0.25, 0.3) is 0 Å². The number of hydrogen-bond acceptors (Lipinski definition) is 3. The van der Waals surface area contributed by atoms with E-state index in [0.717, 1.165) is 18.9 Å². The van der Waals surface area contributed by atoms with Crippen LogP contribution in [0.3, 0.4) is 0 Å². The third-order valence-corrected chi connectivity index (χ3v) is 3.85. The molecule has 1 aromatic rings. The van der Waals surface area contributed by atoms with Gasteiger partial charge in [0.15, 0.2) is 0 Å². The summed E-state index contributed by atoms with van der Waals surface area (Å²) >= 11 is 0. The standard InChI is InChI=1S/C15H20F3NO2/c1-2-19-14(9-20,11-7-8-11)10-21-13-6-4-3-5-12(13)15(16,17)18/h3-6,11,19-20H,2,7-10H2,1H3. The molecule has 1 unspecified atom stereocenters. The van der Waals surface area contributed by atoms with Crippen LogP contribution in [0.25, 0.3) is 0 Å². The molecule has 0 aliphatic heterocycles. The molecule has 118 valence electrons. The normalized spacial score (nSPS) is 18.3. The van der Waals surface area contributed by atoms with Crippen LogP contribution >= 0.6 is 0 Å². The lowest BCUT2D eigenvalue weighted by molar-refractivity contribution is -0.139. The Morgan fingerprint density at radius 1 is 1.29 bits per heavy atom. The number of rotatable bonds is 7. The van der Waals surface area contributed by atoms with Crippen molar-refractivity contribution in [2.24, 2.45) is 5.92 Å². The highest BCUT2D eigenvalue weighted by atomic mass is 19.4. The highest BCUT2D eigenvalue weighted by Crippen LogP contribution is 2.41. The Morgan fingerprint density at radius 2 is 1.95 bits per heavy atom. The van der Waals surface area contributed by atoms with Crippen LogP contribution in [0, 0.1) is 5.92 Å². The summed E-state index contributed by atoms with van der Waals surface area (Å²) in [6.07, 6.45) is -2.54. The van der Waals surface area contributed by atoms with Gasteiger partial charge in [-0.2, -0.15) is 13.2 Å². The molecule has 3 nitrogen and oxygen atoms in total. The Morgan fingerprint density at radius 3 is 2.48 bits per heavy atom. The van der Waals surface area contributed by atoms with Gasteiger partial charge in [0.2, 0.25) is 0 Å². The fourth-order valence-electron chi connectivity index (χ4n) is 2.57. The summed E-state index contributed by atoms with van der Waals surface area (Å²) in [5.74, 6) is 0.0573. The lowest BCUT2D eigenvalue weighted by atomic mass is 9.95. The number of nitrogens with one attached hydrogen (secondary N) is 1. The molecule has 1 aliphatic rings. The molecule has 6 heteroatoms. The molecule has 2 rings (SSSR count). The molecule has 0 bridgehead atoms. The lowest BCUT2D eigenvalue weighted by Crippen LogP contribution is -2.55. The van der Waals surface area contributed by atoms with Crippen molar-refractivity contribution in [2.45, 2.75) is 31.5 Å². The van der Waals surface area contributed by atoms with Crippen molar-refractivity contribution in [1.29, 1.82) is 0 Å². The number of aliphatic hydroxyl groups excluding tert-OH is 1. The van der Waals surface area contributed by atoms with Crippen molar-refractivity contribution in [3.8, 4) is 5.75 Å². The second-order valence-corrected chi connectivity index (χ2v) is 5.40. The molecule has 0 aromatic heterocycles. The van der Waals surface area contributed by atoms with Crippen LogP contribution in [0.5, 0.6) is 5.75 Å². The van der Waals surface area contributed by atoms with Gasteiger partial charge in [0, 0.05) is 0 Å². The summed E-state index contributed by atoms with van der Waals surface area (Å²) in [6, 6.07) is 5.15. The molecule has 0 radical (unpaired) electrons. The van der Waals surface area contributed by atoms with Crippen LogP contribution in [0.2, 0.25) is 0 Å². The predicted molar refractivity (Wildman–Crippen MR) is 73.2 cm³/mol. The van der Waals surface area contributed by atoms with E-state index in [1.807, 2.05) is 6.92 Å². The molecule has 1 aliphatic carbocycles. The summed E-state index contributed by atoms with van der Waals surface area (Å²) in [6.45, 7) is 2.40. The minimum atomic E-state index is -4.45. The molecular formula is C15H20F3NO2. The van der Waals surface area contributed by atoms with E-state index < -0.39 is 17.3 Å². The van der Waals surface area contributed by atoms with Gasteiger partial charge in [-0.3, -0.25) is 0 Å². The van der Waals surface area contributed by atoms with E-state index in [1.165, 1.54) is 18.2 Å². The number of hydrogen-bond donors (Lipinski definition) is 2. The van der Waals surface area contributed by atoms with E-state index in [4.69, 9.17) is 4.74 Å². The number of alkyl halides is 3. The molecular weight excluding hydrogens is 283 g/mol. The number of benzene rings is 1. The Hall–Kier alpha value is -1.27. The van der Waals surface area contributed by atoms with Gasteiger partial charge in [-0.25, -0.2) is 0 Å². The summed E-state index contributed by atoms with van der Waals surface area (Å²) in [4.78, 5) is 0. The number of para-hydroxylation sites is 1. The second kappa shape index (κ2) is 6.23. The third-order valence-electron chi connectivity index (χ3n) is 3.85. The number of ether oxygens (including phenoxy) is 1. The first-order chi connectivity index (χ1) is 9.93. The first kappa shape index (κ1) is 16.1. The van der Waals surface area contributed by atoms with Crippen LogP contribution in [-0.2, 0) is 6.18 Å². The van der Waals surface area contributed by atoms with Crippen molar-refractivity contribution in [1.82, 2.24) is 5.32 Å². The molecule has 1 saturated carbocycles. The molecule has 0 amide bonds. The Balaban J connectivity index is 2.15. The maximum absolute atomic E-state index is 12.9. The van der Waals surface area contributed by atoms with Gasteiger partial charge < -0.3 is 15.2 Å². The summed E-state index contributed by atoms with van der Waals surface area (Å²) < 4.78 is 44.2. The van der Waals surface area contributed by atoms with Crippen molar-refractivity contribution in [3.05, 3.63) is 29.8 Å². The van der Waals surface area contributed by atoms with Crippen LogP contribution < -0.4 is 10.1 Å². The molecule has 2 N–H and O–H groups in total. The van der Waals surface area contributed by atoms with Gasteiger partial charge in [-0.05, 0) is 37.4 Å². The zero-order valence-corrected chi connectivity index (χ0v) is 11.9. The highest BCUT2D eigenvalue weighted by Gasteiger charge is 2.45. The average Bonchev–Trinajstić information content (AvgIpc) is 3.28. The zero-order chi connectivity index (χ0) is 15.5. The largest absolute Gasteiger partial charge is 0.491 e. The smallest absolute Gasteiger partial charge is 0.419 e. The van der Waals surface area contributed by atoms with Crippen LogP contribution in [0.1, 0.15) is 25.3 Å². The SMILES string of the molecule is CCNC(CO)(COc1ccccc1C(F)(F)F)C1CC1. The van der Waals surface area contributed by atoms with Gasteiger partial charge in [-0.15, -0.1) is 0 Å². The number of halogens is 3. The number of likely N-dealkylation sites (N-methyl/N-ethyl adjacent to an activating group) is 1. The molecule has 0 heterocycles. The Labute approximate surface area is 122 Å². The Kier molecular flexibility index (Phi) is 4.78. The van der Waals surface area contributed by atoms with Crippen LogP contribution in [0.15, 0.2) is 24.3 Å². The minimum absolute atomic E-state index is 0.0229. The molecule has 0 saturated heterocycles. The van der Waals surface area contributed by atoms with Crippen molar-refractivity contribution in [2.75, 3.05) is 19.8 Å². The third kappa shape index (κ3) is 3.68. The molecule has 1 fully saturated rings. The van der Waals surface area contributed by atoms with Gasteiger partial charge in [0.1, 0.15) is 12.4 Å². The van der Waals surface area contributed by atoms with E-state index in [2.05, 4.69) is 5.32 Å². The van der Waals surface area contributed by atoms with E-state index in [9.17, 15) is 18.3 Å².